The van der Waals surface area contributed by atoms with Crippen molar-refractivity contribution >= 4 is 29.2 Å². The fraction of sp³-hybridized carbons (Fsp3) is 0.103. The minimum Gasteiger partial charge on any atom is -0.497 e. The van der Waals surface area contributed by atoms with Crippen molar-refractivity contribution < 1.29 is 14.3 Å². The number of carbonyl (C=O) groups excluding carboxylic acids is 2. The minimum atomic E-state index is -0.381. The van der Waals surface area contributed by atoms with Crippen LogP contribution >= 0.6 is 11.3 Å². The summed E-state index contributed by atoms with van der Waals surface area (Å²) in [7, 11) is 1.57. The van der Waals surface area contributed by atoms with Gasteiger partial charge in [0.2, 0.25) is 0 Å². The van der Waals surface area contributed by atoms with Crippen LogP contribution in [0.3, 0.4) is 0 Å². The zero-order valence-corrected chi connectivity index (χ0v) is 20.3. The Morgan fingerprint density at radius 3 is 2.17 bits per heavy atom. The van der Waals surface area contributed by atoms with E-state index in [1.807, 2.05) is 79.0 Å². The maximum atomic E-state index is 13.6. The lowest BCUT2D eigenvalue weighted by molar-refractivity contribution is -0.118. The fourth-order valence-electron chi connectivity index (χ4n) is 3.58. The van der Waals surface area contributed by atoms with E-state index in [1.165, 1.54) is 11.3 Å². The van der Waals surface area contributed by atoms with Gasteiger partial charge in [0.1, 0.15) is 11.4 Å². The molecule has 2 amide bonds. The van der Waals surface area contributed by atoms with Crippen molar-refractivity contribution in [3.05, 3.63) is 129 Å². The molecule has 0 fully saturated rings. The average molecular weight is 483 g/mol. The molecular formula is C29H26N2O3S. The van der Waals surface area contributed by atoms with Gasteiger partial charge in [-0.1, -0.05) is 66.2 Å². The lowest BCUT2D eigenvalue weighted by atomic mass is 9.97. The largest absolute Gasteiger partial charge is 0.497 e. The monoisotopic (exact) mass is 482 g/mol. The van der Waals surface area contributed by atoms with Crippen LogP contribution < -0.4 is 15.4 Å². The van der Waals surface area contributed by atoms with Crippen LogP contribution in [0.2, 0.25) is 0 Å². The lowest BCUT2D eigenvalue weighted by Crippen LogP contribution is -2.37. The highest BCUT2D eigenvalue weighted by atomic mass is 32.1. The third kappa shape index (κ3) is 6.25. The number of hydrogen-bond acceptors (Lipinski definition) is 4. The molecule has 4 rings (SSSR count). The Bertz CT molecular complexity index is 1300. The molecule has 1 unspecified atom stereocenters. The Balaban J connectivity index is 1.63. The van der Waals surface area contributed by atoms with E-state index in [0.717, 1.165) is 21.6 Å². The number of ether oxygens (including phenoxy) is 1. The Hall–Kier alpha value is -4.16. The fourth-order valence-corrected chi connectivity index (χ4v) is 4.24. The summed E-state index contributed by atoms with van der Waals surface area (Å²) < 4.78 is 5.17. The summed E-state index contributed by atoms with van der Waals surface area (Å²) in [6.07, 6.45) is 1.69. The van der Waals surface area contributed by atoms with Gasteiger partial charge in [0, 0.05) is 10.4 Å². The number of benzene rings is 3. The first-order valence-corrected chi connectivity index (χ1v) is 12.0. The number of methoxy groups -OCH3 is 1. The highest BCUT2D eigenvalue weighted by Crippen LogP contribution is 2.23. The standard InChI is InChI=1S/C29H26N2O3S/c1-20-10-12-22(13-11-20)27(21-7-4-3-5-8-21)31-29(33)26(19-25-9-6-18-35-25)30-28(32)23-14-16-24(34-2)17-15-23/h3-19,27H,1-2H3,(H,30,32)(H,31,33)/b26-19-. The quantitative estimate of drug-likeness (QED) is 0.315. The van der Waals surface area contributed by atoms with Crippen LogP contribution in [0.5, 0.6) is 5.75 Å². The van der Waals surface area contributed by atoms with E-state index < -0.39 is 0 Å². The predicted octanol–water partition coefficient (Wildman–Crippen LogP) is 5.74. The van der Waals surface area contributed by atoms with Gasteiger partial charge in [0.25, 0.3) is 11.8 Å². The van der Waals surface area contributed by atoms with E-state index in [-0.39, 0.29) is 23.6 Å². The lowest BCUT2D eigenvalue weighted by Gasteiger charge is -2.21. The van der Waals surface area contributed by atoms with Gasteiger partial charge in [-0.05, 0) is 59.8 Å². The molecule has 1 aromatic heterocycles. The van der Waals surface area contributed by atoms with Crippen molar-refractivity contribution in [3.8, 4) is 5.75 Å². The molecule has 0 saturated carbocycles. The third-order valence-corrected chi connectivity index (χ3v) is 6.31. The SMILES string of the molecule is COc1ccc(C(=O)N/C(=C\c2cccs2)C(=O)NC(c2ccccc2)c2ccc(C)cc2)cc1. The highest BCUT2D eigenvalue weighted by Gasteiger charge is 2.21. The molecule has 0 saturated heterocycles. The van der Waals surface area contributed by atoms with E-state index in [1.54, 1.807) is 37.5 Å². The van der Waals surface area contributed by atoms with Gasteiger partial charge in [0.15, 0.2) is 0 Å². The topological polar surface area (TPSA) is 67.4 Å². The maximum Gasteiger partial charge on any atom is 0.268 e. The van der Waals surface area contributed by atoms with Crippen molar-refractivity contribution in [2.24, 2.45) is 0 Å². The van der Waals surface area contributed by atoms with Crippen LogP contribution in [0.1, 0.15) is 38.0 Å². The first-order chi connectivity index (χ1) is 17.0. The number of aryl methyl sites for hydroxylation is 1. The molecule has 3 aromatic carbocycles. The van der Waals surface area contributed by atoms with Gasteiger partial charge < -0.3 is 15.4 Å². The Labute approximate surface area is 209 Å². The first-order valence-electron chi connectivity index (χ1n) is 11.2. The van der Waals surface area contributed by atoms with Crippen molar-refractivity contribution in [2.75, 3.05) is 7.11 Å². The number of carbonyl (C=O) groups is 2. The number of nitrogens with one attached hydrogen (secondary N) is 2. The molecule has 0 aliphatic heterocycles. The summed E-state index contributed by atoms with van der Waals surface area (Å²) in [5.41, 5.74) is 3.63. The number of thiophene rings is 1. The number of hydrogen-bond donors (Lipinski definition) is 2. The molecule has 0 aliphatic rings. The second-order valence-electron chi connectivity index (χ2n) is 7.98. The summed E-state index contributed by atoms with van der Waals surface area (Å²) in [6, 6.07) is 28.0. The van der Waals surface area contributed by atoms with E-state index >= 15 is 0 Å². The van der Waals surface area contributed by atoms with Crippen molar-refractivity contribution in [1.82, 2.24) is 10.6 Å². The molecule has 0 spiro atoms. The Morgan fingerprint density at radius 1 is 0.857 bits per heavy atom. The smallest absolute Gasteiger partial charge is 0.268 e. The Morgan fingerprint density at radius 2 is 1.54 bits per heavy atom. The second kappa shape index (κ2) is 11.3. The van der Waals surface area contributed by atoms with Crippen LogP contribution in [-0.2, 0) is 4.79 Å². The summed E-state index contributed by atoms with van der Waals surface area (Å²) >= 11 is 1.49. The molecule has 5 nitrogen and oxygen atoms in total. The summed E-state index contributed by atoms with van der Waals surface area (Å²) in [4.78, 5) is 27.4. The van der Waals surface area contributed by atoms with Gasteiger partial charge in [-0.25, -0.2) is 0 Å². The molecular weight excluding hydrogens is 456 g/mol. The molecule has 4 aromatic rings. The molecule has 0 radical (unpaired) electrons. The highest BCUT2D eigenvalue weighted by molar-refractivity contribution is 7.10. The van der Waals surface area contributed by atoms with Gasteiger partial charge >= 0.3 is 0 Å². The maximum absolute atomic E-state index is 13.6. The number of rotatable bonds is 8. The molecule has 35 heavy (non-hydrogen) atoms. The van der Waals surface area contributed by atoms with E-state index in [4.69, 9.17) is 4.74 Å². The van der Waals surface area contributed by atoms with E-state index in [2.05, 4.69) is 10.6 Å². The zero-order chi connectivity index (χ0) is 24.6. The molecule has 0 bridgehead atoms. The summed E-state index contributed by atoms with van der Waals surface area (Å²) in [5, 5.41) is 7.84. The zero-order valence-electron chi connectivity index (χ0n) is 19.5. The van der Waals surface area contributed by atoms with Gasteiger partial charge in [-0.2, -0.15) is 0 Å². The third-order valence-electron chi connectivity index (χ3n) is 5.49. The average Bonchev–Trinajstić information content (AvgIpc) is 3.41. The van der Waals surface area contributed by atoms with Gasteiger partial charge in [-0.15, -0.1) is 11.3 Å². The summed E-state index contributed by atoms with van der Waals surface area (Å²) in [5.74, 6) is -0.107. The van der Waals surface area contributed by atoms with Crippen molar-refractivity contribution in [3.63, 3.8) is 0 Å². The van der Waals surface area contributed by atoms with Gasteiger partial charge in [0.05, 0.1) is 13.2 Å². The van der Waals surface area contributed by atoms with Crippen molar-refractivity contribution in [1.29, 1.82) is 0 Å². The predicted molar refractivity (Wildman–Crippen MR) is 140 cm³/mol. The molecule has 6 heteroatoms. The van der Waals surface area contributed by atoms with E-state index in [0.29, 0.717) is 11.3 Å². The first kappa shape index (κ1) is 24.0. The van der Waals surface area contributed by atoms with Crippen LogP contribution in [0.4, 0.5) is 0 Å². The minimum absolute atomic E-state index is 0.168. The van der Waals surface area contributed by atoms with Crippen LogP contribution in [0.15, 0.2) is 102 Å². The number of amides is 2. The normalized spacial score (nSPS) is 12.0. The molecule has 1 atom stereocenters. The molecule has 2 N–H and O–H groups in total. The van der Waals surface area contributed by atoms with Gasteiger partial charge in [-0.3, -0.25) is 9.59 Å². The van der Waals surface area contributed by atoms with Crippen LogP contribution in [0, 0.1) is 6.92 Å². The van der Waals surface area contributed by atoms with Crippen molar-refractivity contribution in [2.45, 2.75) is 13.0 Å². The second-order valence-corrected chi connectivity index (χ2v) is 8.96. The van der Waals surface area contributed by atoms with Crippen LogP contribution in [-0.4, -0.2) is 18.9 Å². The Kier molecular flexibility index (Phi) is 7.75. The van der Waals surface area contributed by atoms with Crippen LogP contribution in [0.25, 0.3) is 6.08 Å². The molecule has 176 valence electrons. The molecule has 0 aliphatic carbocycles. The van der Waals surface area contributed by atoms with E-state index in [9.17, 15) is 9.59 Å². The summed E-state index contributed by atoms with van der Waals surface area (Å²) in [6.45, 7) is 2.02. The molecule has 1 heterocycles.